The summed E-state index contributed by atoms with van der Waals surface area (Å²) in [6, 6.07) is 3.54. The molecule has 1 atom stereocenters. The van der Waals surface area contributed by atoms with E-state index < -0.39 is 11.5 Å². The highest BCUT2D eigenvalue weighted by atomic mass is 35.5. The summed E-state index contributed by atoms with van der Waals surface area (Å²) in [5.41, 5.74) is 1.10. The van der Waals surface area contributed by atoms with E-state index in [9.17, 15) is 14.9 Å². The molecule has 8 heteroatoms. The molecule has 130 valence electrons. The number of thiophene rings is 1. The number of hydrogen-bond acceptors (Lipinski definition) is 4. The summed E-state index contributed by atoms with van der Waals surface area (Å²) in [4.78, 5) is 25.5. The molecule has 1 aliphatic rings. The summed E-state index contributed by atoms with van der Waals surface area (Å²) < 4.78 is 1.15. The van der Waals surface area contributed by atoms with Crippen LogP contribution in [0.5, 0.6) is 0 Å². The van der Waals surface area contributed by atoms with Gasteiger partial charge in [-0.1, -0.05) is 30.1 Å². The number of amides is 1. The summed E-state index contributed by atoms with van der Waals surface area (Å²) in [6.07, 6.45) is 4.19. The molecule has 0 spiro atoms. The molecule has 2 aromatic heterocycles. The van der Waals surface area contributed by atoms with Crippen molar-refractivity contribution in [1.29, 1.82) is 5.26 Å². The first-order valence-electron chi connectivity index (χ1n) is 7.79. The minimum absolute atomic E-state index is 0.0430. The quantitative estimate of drug-likeness (QED) is 0.856. The number of anilines is 1. The molecule has 0 bridgehead atoms. The highest BCUT2D eigenvalue weighted by Crippen LogP contribution is 2.39. The molecular formula is C17H15Cl2N3O2S. The van der Waals surface area contributed by atoms with Crippen molar-refractivity contribution in [3.8, 4) is 6.07 Å². The van der Waals surface area contributed by atoms with E-state index in [-0.39, 0.29) is 16.6 Å². The third kappa shape index (κ3) is 3.74. The van der Waals surface area contributed by atoms with Crippen LogP contribution >= 0.6 is 34.5 Å². The molecule has 3 rings (SSSR count). The van der Waals surface area contributed by atoms with Gasteiger partial charge in [-0.3, -0.25) is 9.59 Å². The van der Waals surface area contributed by atoms with Gasteiger partial charge in [-0.2, -0.15) is 5.26 Å². The van der Waals surface area contributed by atoms with Gasteiger partial charge in [0.2, 0.25) is 5.91 Å². The van der Waals surface area contributed by atoms with Crippen molar-refractivity contribution in [3.05, 3.63) is 48.7 Å². The van der Waals surface area contributed by atoms with Gasteiger partial charge in [-0.05, 0) is 36.8 Å². The van der Waals surface area contributed by atoms with E-state index in [1.54, 1.807) is 0 Å². The van der Waals surface area contributed by atoms with Gasteiger partial charge >= 0.3 is 0 Å². The maximum Gasteiger partial charge on any atom is 0.269 e. The number of halogens is 2. The molecule has 1 aliphatic carbocycles. The summed E-state index contributed by atoms with van der Waals surface area (Å²) >= 11 is 13.1. The Bertz CT molecular complexity index is 943. The highest BCUT2D eigenvalue weighted by Gasteiger charge is 2.24. The van der Waals surface area contributed by atoms with Crippen LogP contribution in [0.1, 0.15) is 29.3 Å². The van der Waals surface area contributed by atoms with Gasteiger partial charge in [0.05, 0.1) is 10.6 Å². The number of hydrogen-bond donors (Lipinski definition) is 1. The van der Waals surface area contributed by atoms with Crippen LogP contribution in [-0.4, -0.2) is 10.5 Å². The van der Waals surface area contributed by atoms with Crippen LogP contribution in [0.3, 0.4) is 0 Å². The van der Waals surface area contributed by atoms with Gasteiger partial charge in [0.25, 0.3) is 5.56 Å². The number of fused-ring (bicyclic) bond motifs is 1. The fourth-order valence-electron chi connectivity index (χ4n) is 2.96. The third-order valence-electron chi connectivity index (χ3n) is 4.20. The lowest BCUT2D eigenvalue weighted by Crippen LogP contribution is -2.27. The van der Waals surface area contributed by atoms with E-state index in [0.717, 1.165) is 34.3 Å². The van der Waals surface area contributed by atoms with Crippen molar-refractivity contribution in [2.75, 3.05) is 5.32 Å². The van der Waals surface area contributed by atoms with E-state index in [2.05, 4.69) is 18.3 Å². The number of carbonyl (C=O) groups is 1. The van der Waals surface area contributed by atoms with Gasteiger partial charge < -0.3 is 9.88 Å². The normalized spacial score (nSPS) is 16.2. The maximum atomic E-state index is 12.3. The zero-order valence-electron chi connectivity index (χ0n) is 13.4. The van der Waals surface area contributed by atoms with E-state index >= 15 is 0 Å². The van der Waals surface area contributed by atoms with Crippen molar-refractivity contribution in [2.45, 2.75) is 32.7 Å². The Labute approximate surface area is 158 Å². The number of aromatic nitrogens is 1. The molecule has 0 saturated carbocycles. The molecule has 0 aromatic carbocycles. The van der Waals surface area contributed by atoms with E-state index in [1.807, 2.05) is 0 Å². The van der Waals surface area contributed by atoms with Gasteiger partial charge in [0.15, 0.2) is 0 Å². The van der Waals surface area contributed by atoms with E-state index in [0.29, 0.717) is 16.5 Å². The Morgan fingerprint density at radius 1 is 1.52 bits per heavy atom. The zero-order valence-corrected chi connectivity index (χ0v) is 15.8. The van der Waals surface area contributed by atoms with Crippen LogP contribution in [0.2, 0.25) is 10.0 Å². The minimum atomic E-state index is -0.485. The minimum Gasteiger partial charge on any atom is -0.315 e. The first-order chi connectivity index (χ1) is 11.9. The zero-order chi connectivity index (χ0) is 18.1. The average Bonchev–Trinajstić information content (AvgIpc) is 2.87. The van der Waals surface area contributed by atoms with E-state index in [4.69, 9.17) is 23.2 Å². The van der Waals surface area contributed by atoms with Crippen molar-refractivity contribution in [2.24, 2.45) is 5.92 Å². The first-order valence-corrected chi connectivity index (χ1v) is 9.36. The number of nitrogens with zero attached hydrogens (tertiary/aromatic N) is 2. The second-order valence-corrected chi connectivity index (χ2v) is 8.10. The van der Waals surface area contributed by atoms with Gasteiger partial charge in [-0.25, -0.2) is 0 Å². The Morgan fingerprint density at radius 3 is 3.00 bits per heavy atom. The first kappa shape index (κ1) is 18.0. The lowest BCUT2D eigenvalue weighted by Gasteiger charge is -2.17. The predicted molar refractivity (Wildman–Crippen MR) is 99.6 cm³/mol. The summed E-state index contributed by atoms with van der Waals surface area (Å²) in [7, 11) is 0. The smallest absolute Gasteiger partial charge is 0.269 e. The topological polar surface area (TPSA) is 74.9 Å². The molecule has 1 unspecified atom stereocenters. The maximum absolute atomic E-state index is 12.3. The van der Waals surface area contributed by atoms with Crippen LogP contribution in [0.15, 0.2) is 17.1 Å². The van der Waals surface area contributed by atoms with Crippen LogP contribution in [0.25, 0.3) is 0 Å². The molecule has 2 heterocycles. The number of rotatable bonds is 3. The molecule has 5 nitrogen and oxygen atoms in total. The molecule has 0 aliphatic heterocycles. The summed E-state index contributed by atoms with van der Waals surface area (Å²) in [5.74, 6) is 0.178. The largest absolute Gasteiger partial charge is 0.315 e. The number of pyridine rings is 1. The standard InChI is InChI=1S/C17H15Cl2N3O2S/c1-9-2-3-11-12(6-20)16(25-14(11)4-9)21-15(23)8-22-7-10(18)5-13(19)17(22)24/h5,7,9H,2-4,8H2,1H3,(H,21,23). The van der Waals surface area contributed by atoms with Crippen molar-refractivity contribution in [3.63, 3.8) is 0 Å². The molecule has 25 heavy (non-hydrogen) atoms. The van der Waals surface area contributed by atoms with Crippen LogP contribution in [-0.2, 0) is 24.2 Å². The number of carbonyl (C=O) groups excluding carboxylic acids is 1. The fourth-order valence-corrected chi connectivity index (χ4v) is 4.85. The molecule has 0 saturated heterocycles. The fraction of sp³-hybridized carbons (Fsp3) is 0.353. The summed E-state index contributed by atoms with van der Waals surface area (Å²) in [5, 5.41) is 13.0. The lowest BCUT2D eigenvalue weighted by molar-refractivity contribution is -0.116. The van der Waals surface area contributed by atoms with Crippen LogP contribution in [0.4, 0.5) is 5.00 Å². The van der Waals surface area contributed by atoms with Crippen molar-refractivity contribution < 1.29 is 4.79 Å². The SMILES string of the molecule is CC1CCc2c(sc(NC(=O)Cn3cc(Cl)cc(Cl)c3=O)c2C#N)C1. The number of nitrogens with one attached hydrogen (secondary N) is 1. The molecule has 2 aromatic rings. The number of nitriles is 1. The summed E-state index contributed by atoms with van der Waals surface area (Å²) in [6.45, 7) is 1.96. The second kappa shape index (κ2) is 7.20. The van der Waals surface area contributed by atoms with Gasteiger partial charge in [-0.15, -0.1) is 11.3 Å². The van der Waals surface area contributed by atoms with Gasteiger partial charge in [0, 0.05) is 11.1 Å². The monoisotopic (exact) mass is 395 g/mol. The van der Waals surface area contributed by atoms with E-state index in [1.165, 1.54) is 23.6 Å². The molecular weight excluding hydrogens is 381 g/mol. The average molecular weight is 396 g/mol. The third-order valence-corrected chi connectivity index (χ3v) is 5.85. The second-order valence-electron chi connectivity index (χ2n) is 6.16. The molecule has 1 N–H and O–H groups in total. The molecule has 0 radical (unpaired) electrons. The molecule has 0 fully saturated rings. The Balaban J connectivity index is 1.83. The molecule has 1 amide bonds. The highest BCUT2D eigenvalue weighted by molar-refractivity contribution is 7.16. The Kier molecular flexibility index (Phi) is 5.19. The van der Waals surface area contributed by atoms with Gasteiger partial charge in [0.1, 0.15) is 22.6 Å². The van der Waals surface area contributed by atoms with Crippen molar-refractivity contribution >= 4 is 45.4 Å². The Morgan fingerprint density at radius 2 is 2.28 bits per heavy atom. The van der Waals surface area contributed by atoms with Crippen LogP contribution < -0.4 is 10.9 Å². The predicted octanol–water partition coefficient (Wildman–Crippen LogP) is 3.85. The van der Waals surface area contributed by atoms with Crippen LogP contribution in [0, 0.1) is 17.2 Å². The Hall–Kier alpha value is -1.81. The van der Waals surface area contributed by atoms with Crippen molar-refractivity contribution in [1.82, 2.24) is 4.57 Å². The lowest BCUT2D eigenvalue weighted by atomic mass is 9.89.